The minimum absolute atomic E-state index is 0.0597. The first-order chi connectivity index (χ1) is 13.1. The average Bonchev–Trinajstić information content (AvgIpc) is 3.31. The number of carbonyl (C=O) groups is 2. The van der Waals surface area contributed by atoms with Crippen molar-refractivity contribution in [2.24, 2.45) is 0 Å². The molecule has 5 nitrogen and oxygen atoms in total. The molecule has 0 saturated heterocycles. The number of thiophene rings is 1. The molecular formula is C21H17NO4S. The fraction of sp³-hybridized carbons (Fsp3) is 0.143. The molecule has 0 spiro atoms. The molecule has 136 valence electrons. The van der Waals surface area contributed by atoms with Crippen LogP contribution in [-0.2, 0) is 9.53 Å². The average molecular weight is 379 g/mol. The van der Waals surface area contributed by atoms with Gasteiger partial charge in [-0.3, -0.25) is 9.69 Å². The Balaban J connectivity index is 1.56. The quantitative estimate of drug-likeness (QED) is 0.704. The Morgan fingerprint density at radius 1 is 1.00 bits per heavy atom. The normalized spacial score (nSPS) is 12.3. The molecule has 0 aliphatic heterocycles. The van der Waals surface area contributed by atoms with E-state index in [2.05, 4.69) is 12.1 Å². The summed E-state index contributed by atoms with van der Waals surface area (Å²) in [7, 11) is 0. The van der Waals surface area contributed by atoms with Crippen LogP contribution in [0.25, 0.3) is 11.1 Å². The first kappa shape index (κ1) is 17.3. The SMILES string of the molecule is O=C(O)CN(C(=O)OCC1c2ccccc2-c2ccccc21)c1ccsc1. The molecule has 1 aliphatic carbocycles. The molecule has 0 bridgehead atoms. The van der Waals surface area contributed by atoms with Crippen molar-refractivity contribution in [1.82, 2.24) is 0 Å². The van der Waals surface area contributed by atoms with Crippen LogP contribution in [0.5, 0.6) is 0 Å². The van der Waals surface area contributed by atoms with Gasteiger partial charge in [-0.05, 0) is 33.7 Å². The van der Waals surface area contributed by atoms with Crippen LogP contribution >= 0.6 is 11.3 Å². The molecule has 1 N–H and O–H groups in total. The third-order valence-corrected chi connectivity index (χ3v) is 5.34. The van der Waals surface area contributed by atoms with Gasteiger partial charge in [0.2, 0.25) is 0 Å². The molecule has 1 aliphatic rings. The van der Waals surface area contributed by atoms with Crippen molar-refractivity contribution in [1.29, 1.82) is 0 Å². The van der Waals surface area contributed by atoms with Gasteiger partial charge in [0.15, 0.2) is 0 Å². The molecule has 2 aromatic carbocycles. The number of ether oxygens (including phenoxy) is 1. The van der Waals surface area contributed by atoms with Crippen LogP contribution in [0.15, 0.2) is 65.4 Å². The molecule has 0 radical (unpaired) electrons. The molecule has 1 heterocycles. The van der Waals surface area contributed by atoms with E-state index in [0.29, 0.717) is 5.69 Å². The lowest BCUT2D eigenvalue weighted by atomic mass is 9.98. The maximum absolute atomic E-state index is 12.6. The van der Waals surface area contributed by atoms with E-state index in [4.69, 9.17) is 9.84 Å². The molecule has 0 atom stereocenters. The highest BCUT2D eigenvalue weighted by Gasteiger charge is 2.30. The first-order valence-electron chi connectivity index (χ1n) is 8.51. The third-order valence-electron chi connectivity index (χ3n) is 4.67. The number of carbonyl (C=O) groups excluding carboxylic acids is 1. The number of aliphatic carboxylic acids is 1. The maximum atomic E-state index is 12.6. The van der Waals surface area contributed by atoms with E-state index < -0.39 is 18.6 Å². The molecule has 0 unspecified atom stereocenters. The molecule has 1 amide bonds. The molecule has 0 saturated carbocycles. The Morgan fingerprint density at radius 3 is 2.19 bits per heavy atom. The Morgan fingerprint density at radius 2 is 1.63 bits per heavy atom. The van der Waals surface area contributed by atoms with Gasteiger partial charge in [-0.1, -0.05) is 48.5 Å². The summed E-state index contributed by atoms with van der Waals surface area (Å²) in [4.78, 5) is 24.9. The minimum atomic E-state index is -1.09. The molecule has 1 aromatic heterocycles. The first-order valence-corrected chi connectivity index (χ1v) is 9.46. The Hall–Kier alpha value is -3.12. The number of benzene rings is 2. The van der Waals surface area contributed by atoms with Crippen molar-refractivity contribution in [3.8, 4) is 11.1 Å². The van der Waals surface area contributed by atoms with Crippen molar-refractivity contribution in [2.45, 2.75) is 5.92 Å². The van der Waals surface area contributed by atoms with Crippen LogP contribution in [0.4, 0.5) is 10.5 Å². The van der Waals surface area contributed by atoms with Crippen LogP contribution in [-0.4, -0.2) is 30.3 Å². The molecule has 27 heavy (non-hydrogen) atoms. The van der Waals surface area contributed by atoms with Crippen molar-refractivity contribution in [2.75, 3.05) is 18.1 Å². The summed E-state index contributed by atoms with van der Waals surface area (Å²) in [6.45, 7) is -0.277. The van der Waals surface area contributed by atoms with Crippen molar-refractivity contribution >= 4 is 29.1 Å². The summed E-state index contributed by atoms with van der Waals surface area (Å²) in [5.74, 6) is -1.15. The highest BCUT2D eigenvalue weighted by molar-refractivity contribution is 7.08. The van der Waals surface area contributed by atoms with Crippen LogP contribution in [0, 0.1) is 0 Å². The predicted molar refractivity (Wildman–Crippen MR) is 104 cm³/mol. The Kier molecular flexibility index (Phi) is 4.64. The standard InChI is InChI=1S/C21H17NO4S/c23-20(24)11-22(14-9-10-27-13-14)21(25)26-12-19-17-7-3-1-5-15(17)16-6-2-4-8-18(16)19/h1-10,13,19H,11-12H2,(H,23,24). The van der Waals surface area contributed by atoms with E-state index in [9.17, 15) is 9.59 Å². The molecule has 0 fully saturated rings. The second-order valence-electron chi connectivity index (χ2n) is 6.27. The van der Waals surface area contributed by atoms with Gasteiger partial charge in [0.25, 0.3) is 0 Å². The number of nitrogens with zero attached hydrogens (tertiary/aromatic N) is 1. The van der Waals surface area contributed by atoms with Crippen LogP contribution in [0.3, 0.4) is 0 Å². The summed E-state index contributed by atoms with van der Waals surface area (Å²) < 4.78 is 5.55. The van der Waals surface area contributed by atoms with Crippen LogP contribution in [0.2, 0.25) is 0 Å². The molecule has 3 aromatic rings. The van der Waals surface area contributed by atoms with E-state index >= 15 is 0 Å². The van der Waals surface area contributed by atoms with Gasteiger partial charge in [0.1, 0.15) is 13.2 Å². The number of hydrogen-bond donors (Lipinski definition) is 1. The van der Waals surface area contributed by atoms with Gasteiger partial charge in [0.05, 0.1) is 5.69 Å². The number of fused-ring (bicyclic) bond motifs is 3. The Labute approximate surface area is 160 Å². The number of rotatable bonds is 5. The highest BCUT2D eigenvalue weighted by atomic mass is 32.1. The van der Waals surface area contributed by atoms with Gasteiger partial charge in [-0.15, -0.1) is 0 Å². The third kappa shape index (κ3) is 3.31. The van der Waals surface area contributed by atoms with E-state index in [1.165, 1.54) is 11.3 Å². The number of anilines is 1. The molecular weight excluding hydrogens is 362 g/mol. The summed E-state index contributed by atoms with van der Waals surface area (Å²) in [5.41, 5.74) is 5.06. The van der Waals surface area contributed by atoms with Gasteiger partial charge in [-0.25, -0.2) is 4.79 Å². The molecule has 6 heteroatoms. The van der Waals surface area contributed by atoms with Gasteiger partial charge >= 0.3 is 12.1 Å². The lowest BCUT2D eigenvalue weighted by Gasteiger charge is -2.21. The van der Waals surface area contributed by atoms with Gasteiger partial charge in [-0.2, -0.15) is 11.3 Å². The maximum Gasteiger partial charge on any atom is 0.414 e. The number of carboxylic acids is 1. The zero-order valence-corrected chi connectivity index (χ0v) is 15.2. The van der Waals surface area contributed by atoms with E-state index in [1.807, 2.05) is 36.4 Å². The van der Waals surface area contributed by atoms with E-state index in [0.717, 1.165) is 27.2 Å². The van der Waals surface area contributed by atoms with Crippen LogP contribution in [0.1, 0.15) is 17.0 Å². The lowest BCUT2D eigenvalue weighted by Crippen LogP contribution is -2.36. The van der Waals surface area contributed by atoms with Crippen molar-refractivity contribution in [3.63, 3.8) is 0 Å². The smallest absolute Gasteiger partial charge is 0.414 e. The van der Waals surface area contributed by atoms with E-state index in [1.54, 1.807) is 16.8 Å². The van der Waals surface area contributed by atoms with Gasteiger partial charge in [0, 0.05) is 11.3 Å². The largest absolute Gasteiger partial charge is 0.480 e. The van der Waals surface area contributed by atoms with E-state index in [-0.39, 0.29) is 12.5 Å². The van der Waals surface area contributed by atoms with Gasteiger partial charge < -0.3 is 9.84 Å². The second kappa shape index (κ2) is 7.25. The summed E-state index contributed by atoms with van der Waals surface area (Å²) in [5, 5.41) is 12.6. The predicted octanol–water partition coefficient (Wildman–Crippen LogP) is 4.59. The van der Waals surface area contributed by atoms with Crippen molar-refractivity contribution < 1.29 is 19.4 Å². The lowest BCUT2D eigenvalue weighted by molar-refractivity contribution is -0.135. The fourth-order valence-corrected chi connectivity index (χ4v) is 4.12. The number of hydrogen-bond acceptors (Lipinski definition) is 4. The zero-order valence-electron chi connectivity index (χ0n) is 14.4. The topological polar surface area (TPSA) is 66.8 Å². The fourth-order valence-electron chi connectivity index (χ4n) is 3.48. The number of carboxylic acid groups (broad SMARTS) is 1. The summed E-state index contributed by atoms with van der Waals surface area (Å²) in [6, 6.07) is 17.9. The second-order valence-corrected chi connectivity index (χ2v) is 7.05. The zero-order chi connectivity index (χ0) is 18.8. The monoisotopic (exact) mass is 379 g/mol. The minimum Gasteiger partial charge on any atom is -0.480 e. The number of amides is 1. The highest BCUT2D eigenvalue weighted by Crippen LogP contribution is 2.44. The van der Waals surface area contributed by atoms with Crippen molar-refractivity contribution in [3.05, 3.63) is 76.5 Å². The Bertz CT molecular complexity index is 938. The summed E-state index contributed by atoms with van der Waals surface area (Å²) in [6.07, 6.45) is -0.655. The summed E-state index contributed by atoms with van der Waals surface area (Å²) >= 11 is 1.39. The molecule has 4 rings (SSSR count). The van der Waals surface area contributed by atoms with Crippen LogP contribution < -0.4 is 4.90 Å².